The highest BCUT2D eigenvalue weighted by atomic mass is 35.5. The van der Waals surface area contributed by atoms with Crippen LogP contribution in [0.5, 0.6) is 0 Å². The van der Waals surface area contributed by atoms with E-state index in [0.717, 1.165) is 17.1 Å². The summed E-state index contributed by atoms with van der Waals surface area (Å²) in [6.45, 7) is 1.54. The minimum Gasteiger partial charge on any atom is -0.352 e. The first kappa shape index (κ1) is 22.8. The number of nitrogens with one attached hydrogen (secondary N) is 1. The summed E-state index contributed by atoms with van der Waals surface area (Å²) >= 11 is 6.28. The van der Waals surface area contributed by atoms with Gasteiger partial charge < -0.3 is 5.32 Å². The van der Waals surface area contributed by atoms with E-state index in [1.807, 2.05) is 37.3 Å². The van der Waals surface area contributed by atoms with Crippen molar-refractivity contribution in [2.45, 2.75) is 30.7 Å². The number of sulfonamides is 1. The van der Waals surface area contributed by atoms with Crippen molar-refractivity contribution in [3.63, 3.8) is 0 Å². The van der Waals surface area contributed by atoms with E-state index in [1.54, 1.807) is 42.5 Å². The van der Waals surface area contributed by atoms with Crippen molar-refractivity contribution in [1.29, 1.82) is 0 Å². The van der Waals surface area contributed by atoms with Crippen molar-refractivity contribution in [1.82, 2.24) is 5.32 Å². The van der Waals surface area contributed by atoms with Gasteiger partial charge >= 0.3 is 0 Å². The van der Waals surface area contributed by atoms with E-state index in [-0.39, 0.29) is 34.1 Å². The van der Waals surface area contributed by atoms with E-state index < -0.39 is 10.0 Å². The zero-order chi connectivity index (χ0) is 22.3. The fourth-order valence-corrected chi connectivity index (χ4v) is 4.97. The van der Waals surface area contributed by atoms with Crippen LogP contribution in [0.2, 0.25) is 5.02 Å². The average molecular weight is 457 g/mol. The normalized spacial score (nSPS) is 12.2. The number of carbonyl (C=O) groups is 1. The molecule has 1 amide bonds. The molecule has 0 saturated heterocycles. The van der Waals surface area contributed by atoms with Gasteiger partial charge in [-0.1, -0.05) is 72.3 Å². The standard InChI is InChI=1S/C24H25ClN2O3S/c1-19(16-17-20-10-4-2-5-11-20)26-24(28)18-27(23-15-9-8-14-22(23)25)31(29,30)21-12-6-3-7-13-21/h2-15,19H,16-18H2,1H3,(H,26,28)/t19-/m1/s1. The third-order valence-corrected chi connectivity index (χ3v) is 6.95. The molecule has 0 fully saturated rings. The quantitative estimate of drug-likeness (QED) is 0.508. The topological polar surface area (TPSA) is 66.5 Å². The molecule has 3 rings (SSSR count). The van der Waals surface area contributed by atoms with Crippen LogP contribution < -0.4 is 9.62 Å². The summed E-state index contributed by atoms with van der Waals surface area (Å²) in [4.78, 5) is 12.9. The molecule has 31 heavy (non-hydrogen) atoms. The number of carbonyl (C=O) groups excluding carboxylic acids is 1. The van der Waals surface area contributed by atoms with Gasteiger partial charge in [0.2, 0.25) is 5.91 Å². The lowest BCUT2D eigenvalue weighted by atomic mass is 10.1. The van der Waals surface area contributed by atoms with E-state index in [0.29, 0.717) is 0 Å². The van der Waals surface area contributed by atoms with E-state index >= 15 is 0 Å². The summed E-state index contributed by atoms with van der Waals surface area (Å²) in [5.74, 6) is -0.389. The Kier molecular flexibility index (Phi) is 7.71. The lowest BCUT2D eigenvalue weighted by Gasteiger charge is -2.25. The van der Waals surface area contributed by atoms with Gasteiger partial charge in [-0.15, -0.1) is 0 Å². The van der Waals surface area contributed by atoms with Gasteiger partial charge in [0, 0.05) is 6.04 Å². The van der Waals surface area contributed by atoms with E-state index in [2.05, 4.69) is 5.32 Å². The molecule has 1 atom stereocenters. The summed E-state index contributed by atoms with van der Waals surface area (Å²) in [5, 5.41) is 3.16. The number of halogens is 1. The highest BCUT2D eigenvalue weighted by Crippen LogP contribution is 2.30. The second-order valence-electron chi connectivity index (χ2n) is 7.27. The van der Waals surface area contributed by atoms with Gasteiger partial charge in [0.05, 0.1) is 15.6 Å². The number of hydrogen-bond donors (Lipinski definition) is 1. The number of para-hydroxylation sites is 1. The van der Waals surface area contributed by atoms with Crippen LogP contribution >= 0.6 is 11.6 Å². The number of aryl methyl sites for hydroxylation is 1. The molecule has 3 aromatic rings. The monoisotopic (exact) mass is 456 g/mol. The van der Waals surface area contributed by atoms with Gasteiger partial charge in [0.25, 0.3) is 10.0 Å². The molecule has 3 aromatic carbocycles. The maximum Gasteiger partial charge on any atom is 0.264 e. The number of nitrogens with zero attached hydrogens (tertiary/aromatic N) is 1. The average Bonchev–Trinajstić information content (AvgIpc) is 2.78. The molecular weight excluding hydrogens is 432 g/mol. The van der Waals surface area contributed by atoms with Crippen molar-refractivity contribution in [3.8, 4) is 0 Å². The van der Waals surface area contributed by atoms with Crippen LogP contribution in [0, 0.1) is 0 Å². The fraction of sp³-hybridized carbons (Fsp3) is 0.208. The van der Waals surface area contributed by atoms with Gasteiger partial charge in [-0.25, -0.2) is 8.42 Å². The maximum absolute atomic E-state index is 13.3. The van der Waals surface area contributed by atoms with Crippen LogP contribution in [-0.2, 0) is 21.2 Å². The van der Waals surface area contributed by atoms with Crippen molar-refractivity contribution in [2.75, 3.05) is 10.8 Å². The first-order valence-corrected chi connectivity index (χ1v) is 11.9. The molecule has 0 radical (unpaired) electrons. The third kappa shape index (κ3) is 6.09. The van der Waals surface area contributed by atoms with Gasteiger partial charge in [0.15, 0.2) is 0 Å². The predicted octanol–water partition coefficient (Wildman–Crippen LogP) is 4.67. The largest absolute Gasteiger partial charge is 0.352 e. The second-order valence-corrected chi connectivity index (χ2v) is 9.54. The second kappa shape index (κ2) is 10.5. The van der Waals surface area contributed by atoms with Crippen LogP contribution in [0.25, 0.3) is 0 Å². The highest BCUT2D eigenvalue weighted by molar-refractivity contribution is 7.92. The lowest BCUT2D eigenvalue weighted by molar-refractivity contribution is -0.120. The Morgan fingerprint density at radius 3 is 2.16 bits per heavy atom. The molecule has 0 aliphatic heterocycles. The SMILES string of the molecule is C[C@H](CCc1ccccc1)NC(=O)CN(c1ccccc1Cl)S(=O)(=O)c1ccccc1. The third-order valence-electron chi connectivity index (χ3n) is 4.86. The first-order valence-electron chi connectivity index (χ1n) is 10.0. The van der Waals surface area contributed by atoms with Crippen molar-refractivity contribution in [2.24, 2.45) is 0 Å². The van der Waals surface area contributed by atoms with Crippen LogP contribution in [0.15, 0.2) is 89.8 Å². The van der Waals surface area contributed by atoms with Gasteiger partial charge in [0.1, 0.15) is 6.54 Å². The fourth-order valence-electron chi connectivity index (χ4n) is 3.22. The summed E-state index contributed by atoms with van der Waals surface area (Å²) in [7, 11) is -3.97. The first-order chi connectivity index (χ1) is 14.9. The zero-order valence-corrected chi connectivity index (χ0v) is 18.8. The molecule has 1 N–H and O–H groups in total. The molecule has 0 saturated carbocycles. The molecule has 0 bridgehead atoms. The van der Waals surface area contributed by atoms with Gasteiger partial charge in [-0.05, 0) is 49.6 Å². The molecular formula is C24H25ClN2O3S. The molecule has 0 aliphatic rings. The Hall–Kier alpha value is -2.83. The van der Waals surface area contributed by atoms with Crippen LogP contribution in [0.3, 0.4) is 0 Å². The van der Waals surface area contributed by atoms with E-state index in [4.69, 9.17) is 11.6 Å². The van der Waals surface area contributed by atoms with Gasteiger partial charge in [-0.3, -0.25) is 9.10 Å². The molecule has 0 aromatic heterocycles. The lowest BCUT2D eigenvalue weighted by Crippen LogP contribution is -2.43. The summed E-state index contributed by atoms with van der Waals surface area (Å²) in [6.07, 6.45) is 1.56. The summed E-state index contributed by atoms with van der Waals surface area (Å²) in [5.41, 5.74) is 1.45. The van der Waals surface area contributed by atoms with Crippen LogP contribution in [0.1, 0.15) is 18.9 Å². The Bertz CT molecular complexity index is 1110. The van der Waals surface area contributed by atoms with Crippen LogP contribution in [0.4, 0.5) is 5.69 Å². The molecule has 7 heteroatoms. The van der Waals surface area contributed by atoms with Crippen molar-refractivity contribution < 1.29 is 13.2 Å². The molecule has 0 heterocycles. The minimum atomic E-state index is -3.97. The zero-order valence-electron chi connectivity index (χ0n) is 17.2. The predicted molar refractivity (Wildman–Crippen MR) is 125 cm³/mol. The molecule has 5 nitrogen and oxygen atoms in total. The molecule has 0 spiro atoms. The molecule has 0 aliphatic carbocycles. The minimum absolute atomic E-state index is 0.0971. The number of hydrogen-bond acceptors (Lipinski definition) is 3. The molecule has 0 unspecified atom stereocenters. The van der Waals surface area contributed by atoms with Crippen molar-refractivity contribution >= 4 is 33.2 Å². The van der Waals surface area contributed by atoms with E-state index in [1.165, 1.54) is 17.7 Å². The van der Waals surface area contributed by atoms with Crippen molar-refractivity contribution in [3.05, 3.63) is 95.5 Å². The summed E-state index contributed by atoms with van der Waals surface area (Å²) in [6, 6.07) is 24.5. The number of benzene rings is 3. The number of amides is 1. The Balaban J connectivity index is 1.76. The Labute approximate surface area is 188 Å². The summed E-state index contributed by atoms with van der Waals surface area (Å²) < 4.78 is 27.7. The number of anilines is 1. The smallest absolute Gasteiger partial charge is 0.264 e. The van der Waals surface area contributed by atoms with E-state index in [9.17, 15) is 13.2 Å². The Morgan fingerprint density at radius 1 is 0.935 bits per heavy atom. The molecule has 162 valence electrons. The van der Waals surface area contributed by atoms with Gasteiger partial charge in [-0.2, -0.15) is 0 Å². The van der Waals surface area contributed by atoms with Crippen LogP contribution in [-0.4, -0.2) is 26.9 Å². The maximum atomic E-state index is 13.3. The highest BCUT2D eigenvalue weighted by Gasteiger charge is 2.28. The Morgan fingerprint density at radius 2 is 1.52 bits per heavy atom. The number of rotatable bonds is 9.